The molecule has 0 N–H and O–H groups in total. The highest BCUT2D eigenvalue weighted by molar-refractivity contribution is 7.90. The number of hydrogen-bond acceptors (Lipinski definition) is 7. The monoisotopic (exact) mass is 436 g/mol. The lowest BCUT2D eigenvalue weighted by atomic mass is 10.0. The maximum Gasteiger partial charge on any atom is 0.184 e. The van der Waals surface area contributed by atoms with Gasteiger partial charge in [-0.3, -0.25) is 4.98 Å². The highest BCUT2D eigenvalue weighted by Gasteiger charge is 2.27. The van der Waals surface area contributed by atoms with Gasteiger partial charge in [-0.05, 0) is 59.6 Å². The number of fused-ring (bicyclic) bond motifs is 1. The van der Waals surface area contributed by atoms with Crippen LogP contribution in [0.4, 0.5) is 5.69 Å². The van der Waals surface area contributed by atoms with Crippen LogP contribution < -0.4 is 4.90 Å². The van der Waals surface area contributed by atoms with E-state index in [0.29, 0.717) is 9.90 Å². The first-order valence-corrected chi connectivity index (χ1v) is 12.2. The van der Waals surface area contributed by atoms with Crippen LogP contribution in [0.1, 0.15) is 29.5 Å². The van der Waals surface area contributed by atoms with E-state index in [9.17, 15) is 8.42 Å². The second-order valence-electron chi connectivity index (χ2n) is 7.39. The van der Waals surface area contributed by atoms with Crippen LogP contribution in [0.5, 0.6) is 0 Å². The van der Waals surface area contributed by atoms with E-state index in [1.807, 2.05) is 30.5 Å². The number of nitrogens with zero attached hydrogens (tertiary/aromatic N) is 4. The van der Waals surface area contributed by atoms with Crippen molar-refractivity contribution < 1.29 is 8.42 Å². The number of rotatable bonds is 5. The average molecular weight is 437 g/mol. The third kappa shape index (κ3) is 3.57. The van der Waals surface area contributed by atoms with E-state index in [1.54, 1.807) is 18.3 Å². The number of benzene rings is 2. The molecule has 4 aromatic rings. The van der Waals surface area contributed by atoms with Crippen molar-refractivity contribution in [2.75, 3.05) is 11.4 Å². The molecule has 1 aliphatic heterocycles. The molecule has 1 saturated heterocycles. The number of hydrogen-bond donors (Lipinski definition) is 0. The summed E-state index contributed by atoms with van der Waals surface area (Å²) >= 11 is 1.11. The van der Waals surface area contributed by atoms with Gasteiger partial charge in [-0.25, -0.2) is 13.4 Å². The van der Waals surface area contributed by atoms with Crippen LogP contribution in [-0.2, 0) is 15.6 Å². The molecule has 3 heterocycles. The summed E-state index contributed by atoms with van der Waals surface area (Å²) in [5, 5.41) is 2.48. The third-order valence-electron chi connectivity index (χ3n) is 5.54. The van der Waals surface area contributed by atoms with Crippen LogP contribution >= 0.6 is 11.5 Å². The van der Waals surface area contributed by atoms with Crippen LogP contribution in [0, 0.1) is 0 Å². The molecule has 0 aliphatic carbocycles. The summed E-state index contributed by atoms with van der Waals surface area (Å²) in [6.07, 6.45) is 7.31. The van der Waals surface area contributed by atoms with Crippen molar-refractivity contribution in [3.63, 3.8) is 0 Å². The summed E-state index contributed by atoms with van der Waals surface area (Å²) in [4.78, 5) is 11.0. The first-order chi connectivity index (χ1) is 14.6. The van der Waals surface area contributed by atoms with Gasteiger partial charge in [0.15, 0.2) is 9.84 Å². The van der Waals surface area contributed by atoms with E-state index >= 15 is 0 Å². The first kappa shape index (κ1) is 19.1. The van der Waals surface area contributed by atoms with Crippen molar-refractivity contribution in [1.29, 1.82) is 0 Å². The molecule has 8 heteroatoms. The molecule has 0 amide bonds. The molecule has 1 atom stereocenters. The van der Waals surface area contributed by atoms with Crippen molar-refractivity contribution >= 4 is 37.8 Å². The molecular weight excluding hydrogens is 416 g/mol. The maximum atomic E-state index is 12.8. The molecule has 0 unspecified atom stereocenters. The molecular formula is C22H20N4O2S2. The summed E-state index contributed by atoms with van der Waals surface area (Å²) in [7, 11) is -3.47. The van der Waals surface area contributed by atoms with Gasteiger partial charge in [0.25, 0.3) is 0 Å². The predicted octanol–water partition coefficient (Wildman–Crippen LogP) is 4.40. The number of sulfone groups is 1. The lowest BCUT2D eigenvalue weighted by Gasteiger charge is -2.28. The normalized spacial score (nSPS) is 16.9. The summed E-state index contributed by atoms with van der Waals surface area (Å²) < 4.78 is 29.6. The van der Waals surface area contributed by atoms with Crippen molar-refractivity contribution in [3.8, 4) is 0 Å². The molecule has 30 heavy (non-hydrogen) atoms. The van der Waals surface area contributed by atoms with E-state index < -0.39 is 9.84 Å². The number of anilines is 1. The van der Waals surface area contributed by atoms with Crippen molar-refractivity contribution in [1.82, 2.24) is 14.3 Å². The Labute approximate surface area is 179 Å². The van der Waals surface area contributed by atoms with Gasteiger partial charge in [0.1, 0.15) is 17.1 Å². The van der Waals surface area contributed by atoms with Crippen molar-refractivity contribution in [3.05, 3.63) is 77.8 Å². The minimum Gasteiger partial charge on any atom is -0.364 e. The van der Waals surface area contributed by atoms with E-state index in [0.717, 1.165) is 47.4 Å². The van der Waals surface area contributed by atoms with E-state index in [2.05, 4.69) is 31.4 Å². The predicted molar refractivity (Wildman–Crippen MR) is 118 cm³/mol. The fourth-order valence-corrected chi connectivity index (χ4v) is 6.30. The zero-order valence-corrected chi connectivity index (χ0v) is 17.8. The smallest absolute Gasteiger partial charge is 0.184 e. The van der Waals surface area contributed by atoms with Crippen molar-refractivity contribution in [2.24, 2.45) is 0 Å². The second kappa shape index (κ2) is 7.77. The van der Waals surface area contributed by atoms with E-state index in [-0.39, 0.29) is 11.8 Å². The Kier molecular flexibility index (Phi) is 4.96. The summed E-state index contributed by atoms with van der Waals surface area (Å²) in [5.41, 5.74) is 2.34. The minimum atomic E-state index is -3.47. The molecule has 0 saturated carbocycles. The fraction of sp³-hybridized carbons (Fsp3) is 0.227. The third-order valence-corrected chi connectivity index (χ3v) is 8.01. The Balaban J connectivity index is 1.52. The van der Waals surface area contributed by atoms with Gasteiger partial charge in [0.05, 0.1) is 10.9 Å². The molecule has 2 aromatic heterocycles. The van der Waals surface area contributed by atoms with E-state index in [4.69, 9.17) is 0 Å². The maximum absolute atomic E-state index is 12.8. The lowest BCUT2D eigenvalue weighted by Crippen LogP contribution is -2.22. The topological polar surface area (TPSA) is 76.1 Å². The SMILES string of the molecule is O=S(=O)(Cc1ncns1)c1ccc2c(N3CCC[C@@H]3c3cccnc3)cccc2c1. The van der Waals surface area contributed by atoms with E-state index in [1.165, 1.54) is 11.9 Å². The molecule has 6 nitrogen and oxygen atoms in total. The zero-order chi connectivity index (χ0) is 20.6. The largest absolute Gasteiger partial charge is 0.364 e. The van der Waals surface area contributed by atoms with Gasteiger partial charge in [-0.1, -0.05) is 24.3 Å². The van der Waals surface area contributed by atoms with Gasteiger partial charge in [-0.2, -0.15) is 4.37 Å². The Morgan fingerprint density at radius 2 is 2.07 bits per heavy atom. The molecule has 0 spiro atoms. The van der Waals surface area contributed by atoms with Crippen LogP contribution in [0.25, 0.3) is 10.8 Å². The molecule has 5 rings (SSSR count). The zero-order valence-electron chi connectivity index (χ0n) is 16.2. The van der Waals surface area contributed by atoms with Gasteiger partial charge in [0, 0.05) is 30.0 Å². The van der Waals surface area contributed by atoms with Crippen LogP contribution in [0.15, 0.2) is 72.1 Å². The number of pyridine rings is 1. The highest BCUT2D eigenvalue weighted by Crippen LogP contribution is 2.39. The standard InChI is InChI=1S/C22H20N4O2S2/c27-30(28,14-22-24-15-25-29-22)18-8-9-19-16(12-18)4-1-6-21(19)26-11-3-7-20(26)17-5-2-10-23-13-17/h1-2,4-6,8-10,12-13,15,20H,3,7,11,14H2/t20-/m1/s1. The summed E-state index contributed by atoms with van der Waals surface area (Å²) in [6.45, 7) is 0.968. The summed E-state index contributed by atoms with van der Waals surface area (Å²) in [5.74, 6) is -0.127. The molecule has 0 bridgehead atoms. The van der Waals surface area contributed by atoms with Gasteiger partial charge in [0.2, 0.25) is 0 Å². The Morgan fingerprint density at radius 3 is 2.87 bits per heavy atom. The Bertz CT molecular complexity index is 1280. The Morgan fingerprint density at radius 1 is 1.13 bits per heavy atom. The van der Waals surface area contributed by atoms with Crippen LogP contribution in [0.2, 0.25) is 0 Å². The van der Waals surface area contributed by atoms with Gasteiger partial charge in [-0.15, -0.1) is 0 Å². The fourth-order valence-electron chi connectivity index (χ4n) is 4.17. The number of aromatic nitrogens is 3. The highest BCUT2D eigenvalue weighted by atomic mass is 32.2. The van der Waals surface area contributed by atoms with Crippen LogP contribution in [-0.4, -0.2) is 29.3 Å². The molecule has 1 aliphatic rings. The minimum absolute atomic E-state index is 0.127. The first-order valence-electron chi connectivity index (χ1n) is 9.79. The van der Waals surface area contributed by atoms with Gasteiger partial charge < -0.3 is 4.90 Å². The quantitative estimate of drug-likeness (QED) is 0.461. The molecule has 0 radical (unpaired) electrons. The molecule has 2 aromatic carbocycles. The molecule has 152 valence electrons. The van der Waals surface area contributed by atoms with Crippen LogP contribution in [0.3, 0.4) is 0 Å². The summed E-state index contributed by atoms with van der Waals surface area (Å²) in [6, 6.07) is 15.9. The van der Waals surface area contributed by atoms with Gasteiger partial charge >= 0.3 is 0 Å². The average Bonchev–Trinajstić information content (AvgIpc) is 3.45. The lowest BCUT2D eigenvalue weighted by molar-refractivity contribution is 0.595. The Hall–Kier alpha value is -2.84. The molecule has 1 fully saturated rings. The second-order valence-corrected chi connectivity index (χ2v) is 10.2. The van der Waals surface area contributed by atoms with Crippen molar-refractivity contribution in [2.45, 2.75) is 29.5 Å².